The number of fused-ring (bicyclic) bond motifs is 2. The van der Waals surface area contributed by atoms with Crippen molar-refractivity contribution < 1.29 is 23.5 Å². The molecule has 12 heteroatoms. The van der Waals surface area contributed by atoms with Crippen LogP contribution < -0.4 is 15.7 Å². The number of aromatic nitrogens is 2. The average Bonchev–Trinajstić information content (AvgIpc) is 2.62. The highest BCUT2D eigenvalue weighted by Gasteiger charge is 2.35. The molecule has 2 aromatic rings. The fourth-order valence-corrected chi connectivity index (χ4v) is 4.84. The Morgan fingerprint density at radius 3 is 2.54 bits per heavy atom. The van der Waals surface area contributed by atoms with Crippen LogP contribution in [0.3, 0.4) is 0 Å². The number of nitrogens with one attached hydrogen (secondary N) is 1. The zero-order valence-electron chi connectivity index (χ0n) is 14.8. The summed E-state index contributed by atoms with van der Waals surface area (Å²) in [5, 5.41) is 15.2. The number of hydrogen-bond donors (Lipinski definition) is 1. The topological polar surface area (TPSA) is 139 Å². The van der Waals surface area contributed by atoms with Crippen molar-refractivity contribution in [1.29, 1.82) is 0 Å². The first kappa shape index (κ1) is 22.1. The van der Waals surface area contributed by atoms with Crippen LogP contribution in [-0.2, 0) is 21.1 Å². The number of morpholine rings is 1. The summed E-state index contributed by atoms with van der Waals surface area (Å²) in [7, 11) is -4.00. The molecule has 28 heavy (non-hydrogen) atoms. The average molecular weight is 433 g/mol. The van der Waals surface area contributed by atoms with E-state index in [1.54, 1.807) is 18.2 Å². The summed E-state index contributed by atoms with van der Waals surface area (Å²) in [5.41, 5.74) is -0.454. The van der Waals surface area contributed by atoms with Crippen LogP contribution in [0.1, 0.15) is 0 Å². The first-order valence-electron chi connectivity index (χ1n) is 8.27. The van der Waals surface area contributed by atoms with E-state index in [1.807, 2.05) is 0 Å². The van der Waals surface area contributed by atoms with Gasteiger partial charge in [0.2, 0.25) is 16.0 Å². The fourth-order valence-electron chi connectivity index (χ4n) is 3.23. The van der Waals surface area contributed by atoms with E-state index in [4.69, 9.17) is 4.74 Å². The molecule has 0 radical (unpaired) electrons. The third-order valence-corrected chi connectivity index (χ3v) is 6.46. The molecule has 0 amide bonds. The molecule has 0 unspecified atom stereocenters. The number of sulfone groups is 1. The second-order valence-corrected chi connectivity index (χ2v) is 8.04. The van der Waals surface area contributed by atoms with Gasteiger partial charge in [0.15, 0.2) is 4.90 Å². The highest BCUT2D eigenvalue weighted by Crippen LogP contribution is 2.36. The SMILES string of the molecule is Cl.O.O=c1c2c(c[n+]([O-])n1CCN1CCOCC1)Nc1ccccc1S2(=O)=O. The minimum Gasteiger partial charge on any atom is -0.596 e. The quantitative estimate of drug-likeness (QED) is 0.426. The minimum absolute atomic E-state index is 0. The largest absolute Gasteiger partial charge is 0.596 e. The van der Waals surface area contributed by atoms with Gasteiger partial charge in [-0.15, -0.1) is 12.4 Å². The Balaban J connectivity index is 0.00000140. The maximum absolute atomic E-state index is 12.9. The molecule has 2 aliphatic heterocycles. The van der Waals surface area contributed by atoms with Crippen LogP contribution in [0.5, 0.6) is 0 Å². The zero-order chi connectivity index (χ0) is 18.3. The molecule has 3 N–H and O–H groups in total. The summed E-state index contributed by atoms with van der Waals surface area (Å²) in [6.45, 7) is 3.20. The van der Waals surface area contributed by atoms with Gasteiger partial charge in [-0.2, -0.15) is 0 Å². The Bertz CT molecular complexity index is 1020. The second-order valence-electron chi connectivity index (χ2n) is 6.18. The second kappa shape index (κ2) is 8.45. The first-order valence-corrected chi connectivity index (χ1v) is 9.75. The lowest BCUT2D eigenvalue weighted by atomic mass is 10.3. The number of anilines is 2. The van der Waals surface area contributed by atoms with Gasteiger partial charge in [-0.1, -0.05) is 21.7 Å². The molecule has 10 nitrogen and oxygen atoms in total. The predicted octanol–water partition coefficient (Wildman–Crippen LogP) is -0.699. The highest BCUT2D eigenvalue weighted by molar-refractivity contribution is 7.92. The molecule has 0 aliphatic carbocycles. The normalized spacial score (nSPS) is 17.3. The van der Waals surface area contributed by atoms with E-state index in [0.717, 1.165) is 10.9 Å². The molecule has 0 atom stereocenters. The van der Waals surface area contributed by atoms with Crippen LogP contribution >= 0.6 is 12.4 Å². The van der Waals surface area contributed by atoms with E-state index in [0.29, 0.717) is 43.4 Å². The summed E-state index contributed by atoms with van der Waals surface area (Å²) < 4.78 is 32.0. The molecule has 1 aromatic carbocycles. The molecule has 0 saturated carbocycles. The Morgan fingerprint density at radius 1 is 1.14 bits per heavy atom. The van der Waals surface area contributed by atoms with Crippen LogP contribution in [0.2, 0.25) is 0 Å². The van der Waals surface area contributed by atoms with Crippen molar-refractivity contribution in [3.63, 3.8) is 0 Å². The van der Waals surface area contributed by atoms with Gasteiger partial charge in [0.25, 0.3) is 0 Å². The van der Waals surface area contributed by atoms with Crippen LogP contribution in [0, 0.1) is 5.21 Å². The van der Waals surface area contributed by atoms with Gasteiger partial charge in [-0.05, 0) is 12.1 Å². The third kappa shape index (κ3) is 3.71. The van der Waals surface area contributed by atoms with Gasteiger partial charge in [-0.25, -0.2) is 8.42 Å². The molecule has 1 aromatic heterocycles. The van der Waals surface area contributed by atoms with E-state index in [1.165, 1.54) is 6.07 Å². The highest BCUT2D eigenvalue weighted by atomic mass is 35.5. The van der Waals surface area contributed by atoms with Crippen molar-refractivity contribution in [2.45, 2.75) is 16.3 Å². The van der Waals surface area contributed by atoms with Gasteiger partial charge >= 0.3 is 5.56 Å². The van der Waals surface area contributed by atoms with Crippen molar-refractivity contribution in [2.75, 3.05) is 38.2 Å². The minimum atomic E-state index is -4.00. The Morgan fingerprint density at radius 2 is 1.82 bits per heavy atom. The van der Waals surface area contributed by atoms with Gasteiger partial charge in [0.1, 0.15) is 5.69 Å². The lowest BCUT2D eigenvalue weighted by Crippen LogP contribution is -2.52. The van der Waals surface area contributed by atoms with E-state index in [2.05, 4.69) is 10.2 Å². The Hall–Kier alpha value is -2.18. The standard InChI is InChI=1S/C16H18N4O5S.ClH.H2O/c21-16-15-13(17-12-3-1-2-4-14(12)26(15,23)24)11-20(22)19(16)6-5-18-7-9-25-10-8-18;;/h1-4,11,17H,5-10H2;1H;1H2. The van der Waals surface area contributed by atoms with E-state index in [9.17, 15) is 18.4 Å². The van der Waals surface area contributed by atoms with E-state index >= 15 is 0 Å². The molecule has 1 saturated heterocycles. The molecule has 3 heterocycles. The summed E-state index contributed by atoms with van der Waals surface area (Å²) in [4.78, 5) is 14.9. The molecule has 0 spiro atoms. The lowest BCUT2D eigenvalue weighted by Gasteiger charge is -2.26. The number of benzene rings is 1. The molecule has 0 bridgehead atoms. The third-order valence-electron chi connectivity index (χ3n) is 4.60. The molecule has 154 valence electrons. The lowest BCUT2D eigenvalue weighted by molar-refractivity contribution is -0.700. The number of halogens is 1. The van der Waals surface area contributed by atoms with Gasteiger partial charge < -0.3 is 20.7 Å². The Labute approximate surface area is 167 Å². The number of nitrogens with zero attached hydrogens (tertiary/aromatic N) is 3. The van der Waals surface area contributed by atoms with Gasteiger partial charge in [0, 0.05) is 19.6 Å². The van der Waals surface area contributed by atoms with Crippen molar-refractivity contribution in [1.82, 2.24) is 9.58 Å². The summed E-state index contributed by atoms with van der Waals surface area (Å²) in [6, 6.07) is 6.31. The number of hydrogen-bond acceptors (Lipinski definition) is 7. The molecular formula is C16H21ClN4O6S. The van der Waals surface area contributed by atoms with Crippen molar-refractivity contribution in [2.24, 2.45) is 0 Å². The zero-order valence-corrected chi connectivity index (χ0v) is 16.5. The summed E-state index contributed by atoms with van der Waals surface area (Å²) in [6.07, 6.45) is 1.10. The first-order chi connectivity index (χ1) is 12.5. The van der Waals surface area contributed by atoms with Gasteiger partial charge in [-0.3, -0.25) is 9.69 Å². The maximum Gasteiger partial charge on any atom is 0.323 e. The van der Waals surface area contributed by atoms with Crippen molar-refractivity contribution in [3.05, 3.63) is 46.0 Å². The van der Waals surface area contributed by atoms with Crippen molar-refractivity contribution in [3.8, 4) is 0 Å². The van der Waals surface area contributed by atoms with Crippen LogP contribution in [0.4, 0.5) is 11.4 Å². The monoisotopic (exact) mass is 432 g/mol. The van der Waals surface area contributed by atoms with Gasteiger partial charge in [0.05, 0.1) is 30.3 Å². The van der Waals surface area contributed by atoms with E-state index < -0.39 is 15.4 Å². The predicted molar refractivity (Wildman–Crippen MR) is 103 cm³/mol. The number of ether oxygens (including phenoxy) is 1. The van der Waals surface area contributed by atoms with Crippen LogP contribution in [0.15, 0.2) is 45.0 Å². The fraction of sp³-hybridized carbons (Fsp3) is 0.375. The molecular weight excluding hydrogens is 412 g/mol. The smallest absolute Gasteiger partial charge is 0.323 e. The van der Waals surface area contributed by atoms with E-state index in [-0.39, 0.29) is 39.9 Å². The summed E-state index contributed by atoms with van der Waals surface area (Å²) >= 11 is 0. The molecule has 2 aliphatic rings. The number of rotatable bonds is 3. The Kier molecular flexibility index (Phi) is 6.67. The van der Waals surface area contributed by atoms with Crippen LogP contribution in [0.25, 0.3) is 0 Å². The molecule has 4 rings (SSSR count). The van der Waals surface area contributed by atoms with Crippen molar-refractivity contribution >= 4 is 33.6 Å². The molecule has 1 fully saturated rings. The van der Waals surface area contributed by atoms with Crippen LogP contribution in [-0.4, -0.2) is 56.3 Å². The number of para-hydroxylation sites is 1. The summed E-state index contributed by atoms with van der Waals surface area (Å²) in [5.74, 6) is 0. The maximum atomic E-state index is 12.9.